The fourth-order valence-corrected chi connectivity index (χ4v) is 3.28. The molecule has 0 saturated carbocycles. The van der Waals surface area contributed by atoms with E-state index < -0.39 is 5.60 Å². The van der Waals surface area contributed by atoms with Gasteiger partial charge in [-0.25, -0.2) is 4.99 Å². The van der Waals surface area contributed by atoms with E-state index in [-0.39, 0.29) is 30.5 Å². The highest BCUT2D eigenvalue weighted by Gasteiger charge is 2.28. The molecule has 2 atom stereocenters. The molecule has 0 spiro atoms. The molecular formula is C18H33IN4O2. The van der Waals surface area contributed by atoms with Gasteiger partial charge in [-0.3, -0.25) is 4.90 Å². The molecule has 2 heterocycles. The molecule has 7 heteroatoms. The lowest BCUT2D eigenvalue weighted by molar-refractivity contribution is 0.0434. The van der Waals surface area contributed by atoms with E-state index in [0.29, 0.717) is 11.8 Å². The van der Waals surface area contributed by atoms with Crippen LogP contribution in [0.1, 0.15) is 39.4 Å². The van der Waals surface area contributed by atoms with Gasteiger partial charge in [0.25, 0.3) is 0 Å². The largest absolute Gasteiger partial charge is 0.466 e. The maximum Gasteiger partial charge on any atom is 0.193 e. The van der Waals surface area contributed by atoms with E-state index >= 15 is 0 Å². The number of likely N-dealkylation sites (tertiary alicyclic amines) is 1. The fourth-order valence-electron chi connectivity index (χ4n) is 3.28. The van der Waals surface area contributed by atoms with Crippen molar-refractivity contribution in [1.82, 2.24) is 15.1 Å². The molecule has 0 aromatic carbocycles. The Morgan fingerprint density at radius 2 is 2.28 bits per heavy atom. The van der Waals surface area contributed by atoms with Gasteiger partial charge in [0, 0.05) is 26.2 Å². The minimum absolute atomic E-state index is 0. The molecule has 1 saturated heterocycles. The number of rotatable bonds is 7. The van der Waals surface area contributed by atoms with Crippen molar-refractivity contribution in [2.75, 3.05) is 39.8 Å². The topological polar surface area (TPSA) is 64.2 Å². The molecule has 1 aliphatic rings. The van der Waals surface area contributed by atoms with Crippen molar-refractivity contribution in [1.29, 1.82) is 0 Å². The van der Waals surface area contributed by atoms with Gasteiger partial charge in [-0.05, 0) is 51.9 Å². The van der Waals surface area contributed by atoms with Crippen LogP contribution in [0.5, 0.6) is 0 Å². The third kappa shape index (κ3) is 6.14. The van der Waals surface area contributed by atoms with E-state index in [1.807, 2.05) is 0 Å². The minimum atomic E-state index is -1.10. The average Bonchev–Trinajstić information content (AvgIpc) is 3.22. The molecule has 2 rings (SSSR count). The molecule has 0 bridgehead atoms. The zero-order chi connectivity index (χ0) is 17.6. The molecule has 1 aromatic rings. The van der Waals surface area contributed by atoms with Crippen LogP contribution in [0.15, 0.2) is 27.8 Å². The Morgan fingerprint density at radius 1 is 1.52 bits per heavy atom. The van der Waals surface area contributed by atoms with Crippen molar-refractivity contribution >= 4 is 29.9 Å². The number of guanidine groups is 1. The zero-order valence-corrected chi connectivity index (χ0v) is 18.2. The normalized spacial score (nSPS) is 20.8. The van der Waals surface area contributed by atoms with Crippen LogP contribution in [0.25, 0.3) is 0 Å². The summed E-state index contributed by atoms with van der Waals surface area (Å²) in [5.41, 5.74) is -1.10. The second kappa shape index (κ2) is 10.4. The zero-order valence-electron chi connectivity index (χ0n) is 15.9. The Bertz CT molecular complexity index is 519. The van der Waals surface area contributed by atoms with Crippen molar-refractivity contribution in [2.24, 2.45) is 4.99 Å². The van der Waals surface area contributed by atoms with E-state index in [1.54, 1.807) is 25.3 Å². The predicted octanol–water partition coefficient (Wildman–Crippen LogP) is 2.49. The van der Waals surface area contributed by atoms with Crippen LogP contribution >= 0.6 is 24.0 Å². The van der Waals surface area contributed by atoms with Gasteiger partial charge in [-0.1, -0.05) is 6.92 Å². The first-order valence-electron chi connectivity index (χ1n) is 8.97. The molecule has 6 nitrogen and oxygen atoms in total. The van der Waals surface area contributed by atoms with Crippen molar-refractivity contribution in [3.63, 3.8) is 0 Å². The van der Waals surface area contributed by atoms with Crippen LogP contribution in [0.3, 0.4) is 0 Å². The summed E-state index contributed by atoms with van der Waals surface area (Å²) in [5.74, 6) is 1.37. The lowest BCUT2D eigenvalue weighted by Crippen LogP contribution is -2.46. The molecule has 0 aliphatic carbocycles. The highest BCUT2D eigenvalue weighted by molar-refractivity contribution is 14.0. The van der Waals surface area contributed by atoms with Crippen LogP contribution < -0.4 is 5.32 Å². The first-order chi connectivity index (χ1) is 11.5. The number of nitrogens with one attached hydrogen (secondary N) is 1. The average molecular weight is 464 g/mol. The van der Waals surface area contributed by atoms with Crippen LogP contribution in [0, 0.1) is 0 Å². The van der Waals surface area contributed by atoms with E-state index in [2.05, 4.69) is 41.0 Å². The summed E-state index contributed by atoms with van der Waals surface area (Å²) in [6.07, 6.45) is 4.08. The lowest BCUT2D eigenvalue weighted by Gasteiger charge is -2.30. The number of furan rings is 1. The molecule has 1 aromatic heterocycles. The Kier molecular flexibility index (Phi) is 9.23. The highest BCUT2D eigenvalue weighted by Crippen LogP contribution is 2.21. The maximum atomic E-state index is 10.6. The van der Waals surface area contributed by atoms with Gasteiger partial charge in [-0.15, -0.1) is 24.0 Å². The first-order valence-corrected chi connectivity index (χ1v) is 8.97. The molecule has 1 aliphatic heterocycles. The monoisotopic (exact) mass is 464 g/mol. The lowest BCUT2D eigenvalue weighted by atomic mass is 10.0. The Labute approximate surface area is 168 Å². The number of halogens is 1. The quantitative estimate of drug-likeness (QED) is 0.369. The van der Waals surface area contributed by atoms with E-state index in [4.69, 9.17) is 4.42 Å². The van der Waals surface area contributed by atoms with Crippen molar-refractivity contribution in [2.45, 2.75) is 45.3 Å². The van der Waals surface area contributed by atoms with Gasteiger partial charge < -0.3 is 19.7 Å². The molecule has 2 unspecified atom stereocenters. The van der Waals surface area contributed by atoms with Crippen LogP contribution in [-0.4, -0.2) is 66.7 Å². The molecule has 0 amide bonds. The van der Waals surface area contributed by atoms with E-state index in [1.165, 1.54) is 19.4 Å². The summed E-state index contributed by atoms with van der Waals surface area (Å²) < 4.78 is 5.33. The Hall–Kier alpha value is -0.800. The van der Waals surface area contributed by atoms with E-state index in [0.717, 1.165) is 25.6 Å². The number of aliphatic hydroxyl groups is 1. The summed E-state index contributed by atoms with van der Waals surface area (Å²) >= 11 is 0. The number of hydrogen-bond donors (Lipinski definition) is 2. The second-order valence-corrected chi connectivity index (χ2v) is 6.73. The molecular weight excluding hydrogens is 431 g/mol. The van der Waals surface area contributed by atoms with Crippen LogP contribution in [-0.2, 0) is 5.60 Å². The smallest absolute Gasteiger partial charge is 0.193 e. The Morgan fingerprint density at radius 3 is 2.88 bits per heavy atom. The third-order valence-corrected chi connectivity index (χ3v) is 4.68. The minimum Gasteiger partial charge on any atom is -0.466 e. The first kappa shape index (κ1) is 22.2. The fraction of sp³-hybridized carbons (Fsp3) is 0.722. The van der Waals surface area contributed by atoms with Gasteiger partial charge in [0.05, 0.1) is 12.8 Å². The number of nitrogens with zero attached hydrogens (tertiary/aromatic N) is 3. The van der Waals surface area contributed by atoms with E-state index in [9.17, 15) is 5.11 Å². The SMILES string of the molecule is CCNC(=NCC(C)(O)c1ccco1)N(C)CC1CCCN1CC.I. The van der Waals surface area contributed by atoms with Gasteiger partial charge in [0.2, 0.25) is 0 Å². The summed E-state index contributed by atoms with van der Waals surface area (Å²) in [7, 11) is 2.06. The summed E-state index contributed by atoms with van der Waals surface area (Å²) in [4.78, 5) is 9.33. The number of aliphatic imine (C=N–C) groups is 1. The van der Waals surface area contributed by atoms with Crippen LogP contribution in [0.2, 0.25) is 0 Å². The van der Waals surface area contributed by atoms with Crippen molar-refractivity contribution in [3.8, 4) is 0 Å². The second-order valence-electron chi connectivity index (χ2n) is 6.73. The van der Waals surface area contributed by atoms with Gasteiger partial charge in [-0.2, -0.15) is 0 Å². The molecule has 144 valence electrons. The number of likely N-dealkylation sites (N-methyl/N-ethyl adjacent to an activating group) is 2. The van der Waals surface area contributed by atoms with Gasteiger partial charge in [0.1, 0.15) is 11.4 Å². The molecule has 0 radical (unpaired) electrons. The summed E-state index contributed by atoms with van der Waals surface area (Å²) in [6, 6.07) is 4.14. The molecule has 1 fully saturated rings. The number of hydrogen-bond acceptors (Lipinski definition) is 4. The predicted molar refractivity (Wildman–Crippen MR) is 113 cm³/mol. The maximum absolute atomic E-state index is 10.6. The molecule has 25 heavy (non-hydrogen) atoms. The van der Waals surface area contributed by atoms with Crippen LogP contribution in [0.4, 0.5) is 0 Å². The molecule has 2 N–H and O–H groups in total. The van der Waals surface area contributed by atoms with Crippen molar-refractivity contribution in [3.05, 3.63) is 24.2 Å². The van der Waals surface area contributed by atoms with Crippen molar-refractivity contribution < 1.29 is 9.52 Å². The summed E-state index contributed by atoms with van der Waals surface area (Å²) in [5, 5.41) is 13.9. The van der Waals surface area contributed by atoms with Gasteiger partial charge >= 0.3 is 0 Å². The third-order valence-electron chi connectivity index (χ3n) is 4.68. The standard InChI is InChI=1S/C18H32N4O2.HI/c1-5-19-17(20-14-18(3,23)16-10-8-12-24-16)21(4)13-15-9-7-11-22(15)6-2;/h8,10,12,15,23H,5-7,9,11,13-14H2,1-4H3,(H,19,20);1H. The van der Waals surface area contributed by atoms with Gasteiger partial charge in [0.15, 0.2) is 5.96 Å². The summed E-state index contributed by atoms with van der Waals surface area (Å²) in [6.45, 7) is 10.3. The Balaban J connectivity index is 0.00000312. The highest BCUT2D eigenvalue weighted by atomic mass is 127.